The summed E-state index contributed by atoms with van der Waals surface area (Å²) in [6.45, 7) is 4.20. The average Bonchev–Trinajstić information content (AvgIpc) is 3.44. The molecule has 2 aliphatic rings. The largest absolute Gasteiger partial charge is 0.478 e. The highest BCUT2D eigenvalue weighted by Crippen LogP contribution is 2.42. The van der Waals surface area contributed by atoms with Crippen LogP contribution in [0.5, 0.6) is 0 Å². The van der Waals surface area contributed by atoms with Gasteiger partial charge in [0.05, 0.1) is 36.2 Å². The molecule has 0 radical (unpaired) electrons. The van der Waals surface area contributed by atoms with E-state index >= 15 is 0 Å². The smallest absolute Gasteiger partial charge is 0.335 e. The van der Waals surface area contributed by atoms with Crippen LogP contribution in [0.15, 0.2) is 72.8 Å². The van der Waals surface area contributed by atoms with Crippen LogP contribution in [-0.2, 0) is 19.1 Å². The molecule has 274 valence electrons. The monoisotopic (exact) mass is 711 g/mol. The summed E-state index contributed by atoms with van der Waals surface area (Å²) >= 11 is 0. The minimum absolute atomic E-state index is 0.0292. The number of likely N-dealkylation sites (N-methyl/N-ethyl adjacent to an activating group) is 2. The Morgan fingerprint density at radius 1 is 0.942 bits per heavy atom. The number of rotatable bonds is 13. The number of esters is 1. The molecule has 0 saturated carbocycles. The molecule has 0 aromatic heterocycles. The molecule has 0 bridgehead atoms. The Bertz CT molecular complexity index is 1820. The van der Waals surface area contributed by atoms with Gasteiger partial charge in [-0.15, -0.1) is 0 Å². The van der Waals surface area contributed by atoms with Crippen LogP contribution in [-0.4, -0.2) is 111 Å². The number of nitrogens with one attached hydrogen (secondary N) is 2. The molecule has 1 saturated heterocycles. The number of aromatic carboxylic acids is 1. The van der Waals surface area contributed by atoms with Crippen LogP contribution in [0.25, 0.3) is 11.3 Å². The number of carboxylic acid groups (broad SMARTS) is 1. The third kappa shape index (κ3) is 8.65. The van der Waals surface area contributed by atoms with Gasteiger partial charge in [0.1, 0.15) is 6.04 Å². The van der Waals surface area contributed by atoms with Crippen molar-refractivity contribution in [2.75, 3.05) is 75.6 Å². The molecule has 3 aromatic carbocycles. The number of imide groups is 1. The molecule has 3 aromatic rings. The van der Waals surface area contributed by atoms with Crippen molar-refractivity contribution >= 4 is 58.1 Å². The number of nitrogens with two attached hydrogens (primary N) is 1. The van der Waals surface area contributed by atoms with E-state index in [1.54, 1.807) is 48.3 Å². The predicted octanol–water partition coefficient (Wildman–Crippen LogP) is 3.30. The van der Waals surface area contributed by atoms with Gasteiger partial charge in [-0.25, -0.2) is 19.3 Å². The second kappa shape index (κ2) is 17.1. The number of urea groups is 1. The lowest BCUT2D eigenvalue weighted by atomic mass is 9.99. The van der Waals surface area contributed by atoms with Crippen molar-refractivity contribution in [3.8, 4) is 0 Å². The number of unbranched alkanes of at least 4 members (excludes halogenated alkanes) is 1. The summed E-state index contributed by atoms with van der Waals surface area (Å²) < 4.78 is 4.90. The van der Waals surface area contributed by atoms with Gasteiger partial charge >= 0.3 is 18.0 Å². The van der Waals surface area contributed by atoms with Crippen molar-refractivity contribution < 1.29 is 33.8 Å². The summed E-state index contributed by atoms with van der Waals surface area (Å²) in [7, 11) is 5.01. The number of nitrogens with zero attached hydrogens (tertiary/aromatic N) is 4. The van der Waals surface area contributed by atoms with Gasteiger partial charge in [-0.05, 0) is 74.8 Å². The number of amides is 4. The first-order valence-electron chi connectivity index (χ1n) is 17.2. The number of methoxy groups -OCH3 is 1. The van der Waals surface area contributed by atoms with E-state index in [0.717, 1.165) is 31.1 Å². The number of anilines is 3. The first-order chi connectivity index (χ1) is 25.0. The maximum atomic E-state index is 14.4. The highest BCUT2D eigenvalue weighted by atomic mass is 16.5. The zero-order chi connectivity index (χ0) is 37.4. The third-order valence-corrected chi connectivity index (χ3v) is 9.27. The van der Waals surface area contributed by atoms with Gasteiger partial charge in [0, 0.05) is 50.2 Å². The first kappa shape index (κ1) is 37.7. The van der Waals surface area contributed by atoms with Crippen LogP contribution in [0.1, 0.15) is 40.7 Å². The van der Waals surface area contributed by atoms with Gasteiger partial charge in [-0.1, -0.05) is 36.4 Å². The van der Waals surface area contributed by atoms with Crippen LogP contribution in [0.4, 0.5) is 21.9 Å². The standard InChI is InChI=1S/C38H45N7O7/c1-42-19-21-44(22-20-42)24-32(46)43(2)28-15-13-27(14-16-28)40-34(25-9-5-4-6-10-25)33-29-17-12-26(36(48)49)23-31(29)45(35(33)47)38(51)41-30(37(50)52-3)11-7-8-18-39/h4-6,9-10,12-17,23,30,40H,7-8,11,18-22,24,39H2,1-3H3,(H,41,51)(H,48,49)/b34-33-/t30-/m0/s1. The molecule has 5 rings (SSSR count). The molecule has 2 heterocycles. The molecule has 0 unspecified atom stereocenters. The van der Waals surface area contributed by atoms with Gasteiger partial charge in [0.25, 0.3) is 5.91 Å². The van der Waals surface area contributed by atoms with Gasteiger partial charge in [-0.2, -0.15) is 0 Å². The van der Waals surface area contributed by atoms with Crippen molar-refractivity contribution in [2.24, 2.45) is 5.73 Å². The Balaban J connectivity index is 1.48. The number of ether oxygens (including phenoxy) is 1. The average molecular weight is 712 g/mol. The Morgan fingerprint density at radius 2 is 1.63 bits per heavy atom. The summed E-state index contributed by atoms with van der Waals surface area (Å²) in [6, 6.07) is 18.4. The van der Waals surface area contributed by atoms with Crippen LogP contribution in [0, 0.1) is 0 Å². The van der Waals surface area contributed by atoms with Crippen molar-refractivity contribution in [3.63, 3.8) is 0 Å². The SMILES string of the molecule is COC(=O)[C@H](CCCCN)NC(=O)N1C(=O)/C(=C(\Nc2ccc(N(C)C(=O)CN3CCN(C)CC3)cc2)c2ccccc2)c2ccc(C(=O)O)cc21. The predicted molar refractivity (Wildman–Crippen MR) is 199 cm³/mol. The number of hydrogen-bond donors (Lipinski definition) is 4. The van der Waals surface area contributed by atoms with E-state index in [1.807, 2.05) is 18.2 Å². The normalized spacial score (nSPS) is 16.2. The summed E-state index contributed by atoms with van der Waals surface area (Å²) in [5.74, 6) is -2.68. The van der Waals surface area contributed by atoms with E-state index in [1.165, 1.54) is 25.3 Å². The second-order valence-electron chi connectivity index (χ2n) is 12.8. The molecule has 14 heteroatoms. The van der Waals surface area contributed by atoms with Crippen molar-refractivity contribution in [2.45, 2.75) is 25.3 Å². The Hall–Kier alpha value is -5.57. The van der Waals surface area contributed by atoms with Gasteiger partial charge in [0.2, 0.25) is 5.91 Å². The van der Waals surface area contributed by atoms with E-state index in [9.17, 15) is 29.1 Å². The fraction of sp³-hybridized carbons (Fsp3) is 0.342. The van der Waals surface area contributed by atoms with Crippen LogP contribution in [0.2, 0.25) is 0 Å². The number of benzene rings is 3. The highest BCUT2D eigenvalue weighted by molar-refractivity contribution is 6.44. The maximum absolute atomic E-state index is 14.4. The lowest BCUT2D eigenvalue weighted by Crippen LogP contribution is -2.49. The molecule has 1 fully saturated rings. The lowest BCUT2D eigenvalue weighted by Gasteiger charge is -2.32. The molecule has 5 N–H and O–H groups in total. The zero-order valence-electron chi connectivity index (χ0n) is 29.6. The summed E-state index contributed by atoms with van der Waals surface area (Å²) in [6.07, 6.45) is 1.36. The van der Waals surface area contributed by atoms with Crippen molar-refractivity contribution in [1.29, 1.82) is 0 Å². The Kier molecular flexibility index (Phi) is 12.4. The molecule has 0 aliphatic carbocycles. The fourth-order valence-electron chi connectivity index (χ4n) is 6.18. The number of carboxylic acids is 1. The van der Waals surface area contributed by atoms with E-state index in [4.69, 9.17) is 10.5 Å². The number of carbonyl (C=O) groups is 5. The van der Waals surface area contributed by atoms with E-state index < -0.39 is 29.9 Å². The van der Waals surface area contributed by atoms with Crippen LogP contribution < -0.4 is 26.2 Å². The van der Waals surface area contributed by atoms with Gasteiger partial charge in [-0.3, -0.25) is 14.5 Å². The highest BCUT2D eigenvalue weighted by Gasteiger charge is 2.41. The Morgan fingerprint density at radius 3 is 2.27 bits per heavy atom. The Labute approximate surface area is 302 Å². The summed E-state index contributed by atoms with van der Waals surface area (Å²) in [5.41, 5.74) is 8.25. The summed E-state index contributed by atoms with van der Waals surface area (Å²) in [4.78, 5) is 72.8. The van der Waals surface area contributed by atoms with E-state index in [-0.39, 0.29) is 29.2 Å². The van der Waals surface area contributed by atoms with E-state index in [0.29, 0.717) is 54.1 Å². The minimum Gasteiger partial charge on any atom is -0.478 e. The number of carbonyl (C=O) groups excluding carboxylic acids is 4. The molecule has 14 nitrogen and oxygen atoms in total. The van der Waals surface area contributed by atoms with Crippen molar-refractivity contribution in [3.05, 3.63) is 89.5 Å². The number of fused-ring (bicyclic) bond motifs is 1. The quantitative estimate of drug-likeness (QED) is 0.116. The van der Waals surface area contributed by atoms with E-state index in [2.05, 4.69) is 27.5 Å². The molecule has 52 heavy (non-hydrogen) atoms. The second-order valence-corrected chi connectivity index (χ2v) is 12.8. The molecular weight excluding hydrogens is 666 g/mol. The molecule has 2 aliphatic heterocycles. The molecule has 1 atom stereocenters. The number of hydrogen-bond acceptors (Lipinski definition) is 10. The van der Waals surface area contributed by atoms with Crippen LogP contribution in [0.3, 0.4) is 0 Å². The molecule has 0 spiro atoms. The van der Waals surface area contributed by atoms with Gasteiger partial charge < -0.3 is 36.0 Å². The van der Waals surface area contributed by atoms with Crippen LogP contribution >= 0.6 is 0 Å². The maximum Gasteiger partial charge on any atom is 0.335 e. The topological polar surface area (TPSA) is 178 Å². The molecular formula is C38H45N7O7. The minimum atomic E-state index is -1.24. The third-order valence-electron chi connectivity index (χ3n) is 9.27. The van der Waals surface area contributed by atoms with Crippen molar-refractivity contribution in [1.82, 2.24) is 15.1 Å². The zero-order valence-corrected chi connectivity index (χ0v) is 29.6. The fourth-order valence-corrected chi connectivity index (χ4v) is 6.18. The lowest BCUT2D eigenvalue weighted by molar-refractivity contribution is -0.143. The van der Waals surface area contributed by atoms with Gasteiger partial charge in [0.15, 0.2) is 0 Å². The first-order valence-corrected chi connectivity index (χ1v) is 17.2. The summed E-state index contributed by atoms with van der Waals surface area (Å²) in [5, 5.41) is 15.8. The number of piperazine rings is 1. The molecule has 4 amide bonds.